The van der Waals surface area contributed by atoms with Crippen molar-refractivity contribution in [3.05, 3.63) is 36.0 Å². The Labute approximate surface area is 73.3 Å². The second-order valence-electron chi connectivity index (χ2n) is 2.62. The molecule has 1 N–H and O–H groups in total. The van der Waals surface area contributed by atoms with E-state index < -0.39 is 0 Å². The molecule has 0 fully saturated rings. The first-order valence-electron chi connectivity index (χ1n) is 4.11. The van der Waals surface area contributed by atoms with Crippen molar-refractivity contribution < 1.29 is 0 Å². The SMILES string of the molecule is C/C=C/CNc1ncccc1C. The van der Waals surface area contributed by atoms with Crippen LogP contribution in [0.4, 0.5) is 5.82 Å². The summed E-state index contributed by atoms with van der Waals surface area (Å²) in [7, 11) is 0. The normalized spacial score (nSPS) is 10.5. The van der Waals surface area contributed by atoms with Gasteiger partial charge in [-0.25, -0.2) is 4.98 Å². The highest BCUT2D eigenvalue weighted by molar-refractivity contribution is 5.42. The van der Waals surface area contributed by atoms with E-state index in [4.69, 9.17) is 0 Å². The van der Waals surface area contributed by atoms with Crippen molar-refractivity contribution in [1.29, 1.82) is 0 Å². The maximum atomic E-state index is 4.21. The van der Waals surface area contributed by atoms with E-state index in [1.54, 1.807) is 6.20 Å². The van der Waals surface area contributed by atoms with Crippen molar-refractivity contribution in [1.82, 2.24) is 4.98 Å². The van der Waals surface area contributed by atoms with Gasteiger partial charge < -0.3 is 5.32 Å². The molecule has 0 aromatic carbocycles. The minimum Gasteiger partial charge on any atom is -0.366 e. The largest absolute Gasteiger partial charge is 0.366 e. The van der Waals surface area contributed by atoms with Crippen molar-refractivity contribution in [3.8, 4) is 0 Å². The predicted octanol–water partition coefficient (Wildman–Crippen LogP) is 2.38. The van der Waals surface area contributed by atoms with Gasteiger partial charge in [-0.3, -0.25) is 0 Å². The zero-order valence-corrected chi connectivity index (χ0v) is 7.54. The molecule has 0 aliphatic carbocycles. The van der Waals surface area contributed by atoms with Crippen LogP contribution in [0.2, 0.25) is 0 Å². The number of nitrogens with one attached hydrogen (secondary N) is 1. The summed E-state index contributed by atoms with van der Waals surface area (Å²) in [4.78, 5) is 4.21. The molecule has 0 radical (unpaired) electrons. The van der Waals surface area contributed by atoms with Crippen molar-refractivity contribution >= 4 is 5.82 Å². The Balaban J connectivity index is 2.57. The third-order valence-corrected chi connectivity index (χ3v) is 1.63. The summed E-state index contributed by atoms with van der Waals surface area (Å²) in [5.74, 6) is 0.968. The van der Waals surface area contributed by atoms with Crippen LogP contribution < -0.4 is 5.32 Å². The van der Waals surface area contributed by atoms with Crippen molar-refractivity contribution in [2.45, 2.75) is 13.8 Å². The van der Waals surface area contributed by atoms with E-state index in [1.807, 2.05) is 32.1 Å². The molecule has 0 aliphatic heterocycles. The van der Waals surface area contributed by atoms with E-state index in [9.17, 15) is 0 Å². The van der Waals surface area contributed by atoms with E-state index in [0.717, 1.165) is 12.4 Å². The molecule has 12 heavy (non-hydrogen) atoms. The van der Waals surface area contributed by atoms with Gasteiger partial charge in [0, 0.05) is 12.7 Å². The predicted molar refractivity (Wildman–Crippen MR) is 52.3 cm³/mol. The number of aryl methyl sites for hydroxylation is 1. The molecule has 0 bridgehead atoms. The minimum absolute atomic E-state index is 0.842. The van der Waals surface area contributed by atoms with Crippen LogP contribution in [0.5, 0.6) is 0 Å². The first-order chi connectivity index (χ1) is 5.84. The monoisotopic (exact) mass is 162 g/mol. The van der Waals surface area contributed by atoms with Gasteiger partial charge in [0.15, 0.2) is 0 Å². The highest BCUT2D eigenvalue weighted by Gasteiger charge is 1.93. The number of nitrogens with zero attached hydrogens (tertiary/aromatic N) is 1. The van der Waals surface area contributed by atoms with Gasteiger partial charge >= 0.3 is 0 Å². The number of aromatic nitrogens is 1. The molecule has 1 heterocycles. The van der Waals surface area contributed by atoms with Crippen molar-refractivity contribution in [3.63, 3.8) is 0 Å². The molecule has 0 atom stereocenters. The van der Waals surface area contributed by atoms with Gasteiger partial charge in [0.25, 0.3) is 0 Å². The zero-order valence-electron chi connectivity index (χ0n) is 7.54. The highest BCUT2D eigenvalue weighted by Crippen LogP contribution is 2.07. The molecule has 0 amide bonds. The molecule has 1 aromatic heterocycles. The first kappa shape index (κ1) is 8.78. The Hall–Kier alpha value is -1.31. The van der Waals surface area contributed by atoms with Crippen molar-refractivity contribution in [2.24, 2.45) is 0 Å². The number of hydrogen-bond donors (Lipinski definition) is 1. The Kier molecular flexibility index (Phi) is 3.33. The molecule has 0 saturated carbocycles. The maximum Gasteiger partial charge on any atom is 0.129 e. The lowest BCUT2D eigenvalue weighted by atomic mass is 10.3. The van der Waals surface area contributed by atoms with Gasteiger partial charge in [-0.15, -0.1) is 0 Å². The number of pyridine rings is 1. The zero-order chi connectivity index (χ0) is 8.81. The lowest BCUT2D eigenvalue weighted by molar-refractivity contribution is 1.19. The Morgan fingerprint density at radius 3 is 3.08 bits per heavy atom. The van der Waals surface area contributed by atoms with Gasteiger partial charge in [-0.05, 0) is 25.5 Å². The maximum absolute atomic E-state index is 4.21. The number of hydrogen-bond acceptors (Lipinski definition) is 2. The summed E-state index contributed by atoms with van der Waals surface area (Å²) in [6, 6.07) is 3.99. The van der Waals surface area contributed by atoms with E-state index in [0.29, 0.717) is 0 Å². The summed E-state index contributed by atoms with van der Waals surface area (Å²) < 4.78 is 0. The highest BCUT2D eigenvalue weighted by atomic mass is 15.0. The van der Waals surface area contributed by atoms with Crippen molar-refractivity contribution in [2.75, 3.05) is 11.9 Å². The van der Waals surface area contributed by atoms with Crippen LogP contribution in [0.3, 0.4) is 0 Å². The van der Waals surface area contributed by atoms with Crippen LogP contribution in [0.15, 0.2) is 30.5 Å². The quantitative estimate of drug-likeness (QED) is 0.690. The summed E-state index contributed by atoms with van der Waals surface area (Å²) in [6.45, 7) is 4.90. The fourth-order valence-electron chi connectivity index (χ4n) is 0.944. The first-order valence-corrected chi connectivity index (χ1v) is 4.11. The molecule has 2 heteroatoms. The molecule has 2 nitrogen and oxygen atoms in total. The smallest absolute Gasteiger partial charge is 0.129 e. The third-order valence-electron chi connectivity index (χ3n) is 1.63. The van der Waals surface area contributed by atoms with Crippen LogP contribution in [0.25, 0.3) is 0 Å². The van der Waals surface area contributed by atoms with Gasteiger partial charge in [0.05, 0.1) is 0 Å². The molecular formula is C10H14N2. The lowest BCUT2D eigenvalue weighted by Gasteiger charge is -2.04. The standard InChI is InChI=1S/C10H14N2/c1-3-4-7-11-10-9(2)6-5-8-12-10/h3-6,8H,7H2,1-2H3,(H,11,12)/b4-3+. The number of rotatable bonds is 3. The minimum atomic E-state index is 0.842. The van der Waals surface area contributed by atoms with Gasteiger partial charge in [0.2, 0.25) is 0 Å². The average molecular weight is 162 g/mol. The Bertz CT molecular complexity index is 266. The van der Waals surface area contributed by atoms with E-state index in [1.165, 1.54) is 5.56 Å². The second kappa shape index (κ2) is 4.54. The van der Waals surface area contributed by atoms with E-state index in [2.05, 4.69) is 16.4 Å². The Morgan fingerprint density at radius 1 is 1.58 bits per heavy atom. The van der Waals surface area contributed by atoms with Gasteiger partial charge in [-0.1, -0.05) is 18.2 Å². The molecule has 0 saturated heterocycles. The van der Waals surface area contributed by atoms with Crippen LogP contribution in [-0.4, -0.2) is 11.5 Å². The van der Waals surface area contributed by atoms with Crippen LogP contribution in [0.1, 0.15) is 12.5 Å². The fourth-order valence-corrected chi connectivity index (χ4v) is 0.944. The molecule has 1 aromatic rings. The average Bonchev–Trinajstić information content (AvgIpc) is 2.09. The fraction of sp³-hybridized carbons (Fsp3) is 0.300. The molecule has 64 valence electrons. The van der Waals surface area contributed by atoms with Crippen LogP contribution in [0, 0.1) is 6.92 Å². The summed E-state index contributed by atoms with van der Waals surface area (Å²) in [6.07, 6.45) is 5.88. The van der Waals surface area contributed by atoms with Crippen LogP contribution in [-0.2, 0) is 0 Å². The third kappa shape index (κ3) is 2.38. The topological polar surface area (TPSA) is 24.9 Å². The molecular weight excluding hydrogens is 148 g/mol. The Morgan fingerprint density at radius 2 is 2.42 bits per heavy atom. The van der Waals surface area contributed by atoms with Crippen LogP contribution >= 0.6 is 0 Å². The molecule has 1 rings (SSSR count). The lowest BCUT2D eigenvalue weighted by Crippen LogP contribution is -2.01. The van der Waals surface area contributed by atoms with Gasteiger partial charge in [0.1, 0.15) is 5.82 Å². The molecule has 0 spiro atoms. The molecule has 0 aliphatic rings. The van der Waals surface area contributed by atoms with Gasteiger partial charge in [-0.2, -0.15) is 0 Å². The number of allylic oxidation sites excluding steroid dienone is 1. The summed E-state index contributed by atoms with van der Waals surface area (Å²) >= 11 is 0. The number of anilines is 1. The molecule has 0 unspecified atom stereocenters. The van der Waals surface area contributed by atoms with E-state index >= 15 is 0 Å². The second-order valence-corrected chi connectivity index (χ2v) is 2.62. The summed E-state index contributed by atoms with van der Waals surface area (Å²) in [5, 5.41) is 3.22. The van der Waals surface area contributed by atoms with E-state index in [-0.39, 0.29) is 0 Å². The summed E-state index contributed by atoms with van der Waals surface area (Å²) in [5.41, 5.74) is 1.18.